The summed E-state index contributed by atoms with van der Waals surface area (Å²) in [5, 5.41) is 0. The van der Waals surface area contributed by atoms with Gasteiger partial charge in [-0.15, -0.1) is 0 Å². The van der Waals surface area contributed by atoms with Crippen molar-refractivity contribution in [2.75, 3.05) is 16.3 Å². The van der Waals surface area contributed by atoms with Crippen molar-refractivity contribution < 1.29 is 13.2 Å². The highest BCUT2D eigenvalue weighted by Gasteiger charge is 2.44. The number of alkyl halides is 3. The largest absolute Gasteiger partial charge is 0.418 e. The molecule has 1 spiro atoms. The number of hydrogen-bond donors (Lipinski definition) is 2. The van der Waals surface area contributed by atoms with Gasteiger partial charge in [0.2, 0.25) is 11.9 Å². The standard InChI is InChI=1S/C24H27F3N6/c25-24(26,27)19-14-18(33-22(29)30-21(28)31-23(33)11-4-1-5-12-23)8-9-20(19)32-13-10-16-6-2-3-7-17(16)15-32/h2-3,6-9,14H,1,4-5,10-13,15H2,(H4,28,29,30,31). The molecule has 4 N–H and O–H groups in total. The summed E-state index contributed by atoms with van der Waals surface area (Å²) in [6.07, 6.45) is 0.358. The van der Waals surface area contributed by atoms with Crippen LogP contribution in [0.1, 0.15) is 48.8 Å². The molecule has 6 nitrogen and oxygen atoms in total. The van der Waals surface area contributed by atoms with Crippen LogP contribution in [0.15, 0.2) is 52.4 Å². The maximum absolute atomic E-state index is 14.3. The van der Waals surface area contributed by atoms with E-state index in [4.69, 9.17) is 11.5 Å². The second-order valence-corrected chi connectivity index (χ2v) is 8.96. The zero-order valence-electron chi connectivity index (χ0n) is 18.3. The monoisotopic (exact) mass is 456 g/mol. The van der Waals surface area contributed by atoms with Crippen LogP contribution in [0.2, 0.25) is 0 Å². The highest BCUT2D eigenvalue weighted by atomic mass is 19.4. The molecule has 174 valence electrons. The van der Waals surface area contributed by atoms with Gasteiger partial charge in [0.05, 0.1) is 5.56 Å². The molecule has 0 saturated heterocycles. The molecule has 2 aromatic carbocycles. The van der Waals surface area contributed by atoms with Crippen LogP contribution in [-0.2, 0) is 19.1 Å². The summed E-state index contributed by atoms with van der Waals surface area (Å²) in [5.74, 6) is 0.155. The zero-order chi connectivity index (χ0) is 23.2. The summed E-state index contributed by atoms with van der Waals surface area (Å²) >= 11 is 0. The van der Waals surface area contributed by atoms with Crippen molar-refractivity contribution in [1.82, 2.24) is 0 Å². The number of nitrogens with zero attached hydrogens (tertiary/aromatic N) is 4. The summed E-state index contributed by atoms with van der Waals surface area (Å²) in [5.41, 5.74) is 13.4. The number of rotatable bonds is 2. The van der Waals surface area contributed by atoms with Crippen LogP contribution in [0.5, 0.6) is 0 Å². The van der Waals surface area contributed by atoms with Crippen molar-refractivity contribution in [3.05, 3.63) is 59.2 Å². The highest BCUT2D eigenvalue weighted by Crippen LogP contribution is 2.44. The van der Waals surface area contributed by atoms with Gasteiger partial charge in [-0.3, -0.25) is 4.90 Å². The van der Waals surface area contributed by atoms with Crippen molar-refractivity contribution in [3.63, 3.8) is 0 Å². The Morgan fingerprint density at radius 3 is 2.39 bits per heavy atom. The first kappa shape index (κ1) is 21.6. The first-order chi connectivity index (χ1) is 15.8. The van der Waals surface area contributed by atoms with Crippen molar-refractivity contribution in [1.29, 1.82) is 0 Å². The van der Waals surface area contributed by atoms with Crippen LogP contribution in [0.3, 0.4) is 0 Å². The number of hydrogen-bond acceptors (Lipinski definition) is 6. The van der Waals surface area contributed by atoms with E-state index in [1.165, 1.54) is 11.6 Å². The molecule has 2 heterocycles. The minimum Gasteiger partial charge on any atom is -0.369 e. The number of fused-ring (bicyclic) bond motifs is 1. The van der Waals surface area contributed by atoms with Gasteiger partial charge in [-0.05, 0) is 61.4 Å². The molecule has 3 aliphatic rings. The lowest BCUT2D eigenvalue weighted by Crippen LogP contribution is -2.58. The van der Waals surface area contributed by atoms with Crippen molar-refractivity contribution in [2.24, 2.45) is 21.5 Å². The topological polar surface area (TPSA) is 83.2 Å². The Labute approximate surface area is 190 Å². The van der Waals surface area contributed by atoms with Gasteiger partial charge in [0.25, 0.3) is 0 Å². The normalized spacial score (nSPS) is 20.3. The number of anilines is 2. The number of guanidine groups is 2. The average molecular weight is 457 g/mol. The summed E-state index contributed by atoms with van der Waals surface area (Å²) in [6.45, 7) is 0.966. The van der Waals surface area contributed by atoms with Gasteiger partial charge in [-0.25, -0.2) is 4.99 Å². The Morgan fingerprint density at radius 2 is 1.67 bits per heavy atom. The van der Waals surface area contributed by atoms with E-state index >= 15 is 0 Å². The van der Waals surface area contributed by atoms with E-state index in [9.17, 15) is 13.2 Å². The Hall–Kier alpha value is -3.23. The molecule has 1 saturated carbocycles. The Balaban J connectivity index is 1.56. The van der Waals surface area contributed by atoms with Gasteiger partial charge in [0.1, 0.15) is 5.66 Å². The van der Waals surface area contributed by atoms with Crippen LogP contribution in [0, 0.1) is 0 Å². The summed E-state index contributed by atoms with van der Waals surface area (Å²) < 4.78 is 42.9. The first-order valence-electron chi connectivity index (χ1n) is 11.3. The van der Waals surface area contributed by atoms with E-state index in [0.717, 1.165) is 24.8 Å². The van der Waals surface area contributed by atoms with E-state index in [1.807, 2.05) is 24.3 Å². The second-order valence-electron chi connectivity index (χ2n) is 8.96. The van der Waals surface area contributed by atoms with E-state index in [2.05, 4.69) is 9.98 Å². The molecular formula is C24H27F3N6. The Kier molecular flexibility index (Phi) is 5.22. The summed E-state index contributed by atoms with van der Waals surface area (Å²) in [7, 11) is 0. The number of aliphatic imine (C=N–C) groups is 2. The molecule has 0 amide bonds. The Bertz CT molecular complexity index is 1120. The molecule has 0 atom stereocenters. The van der Waals surface area contributed by atoms with Crippen molar-refractivity contribution in [2.45, 2.75) is 56.9 Å². The van der Waals surface area contributed by atoms with Gasteiger partial charge in [0.15, 0.2) is 0 Å². The van der Waals surface area contributed by atoms with Gasteiger partial charge in [-0.2, -0.15) is 18.2 Å². The van der Waals surface area contributed by atoms with Gasteiger partial charge in [-0.1, -0.05) is 30.7 Å². The molecule has 9 heteroatoms. The molecule has 33 heavy (non-hydrogen) atoms. The van der Waals surface area contributed by atoms with Gasteiger partial charge >= 0.3 is 6.18 Å². The fraction of sp³-hybridized carbons (Fsp3) is 0.417. The third kappa shape index (κ3) is 3.89. The fourth-order valence-electron chi connectivity index (χ4n) is 5.36. The molecule has 2 aromatic rings. The molecule has 1 aliphatic carbocycles. The molecule has 0 aromatic heterocycles. The number of halogens is 3. The van der Waals surface area contributed by atoms with Crippen LogP contribution in [-0.4, -0.2) is 24.1 Å². The minimum absolute atomic E-state index is 0.0743. The average Bonchev–Trinajstić information content (AvgIpc) is 2.78. The van der Waals surface area contributed by atoms with Gasteiger partial charge in [0, 0.05) is 24.5 Å². The van der Waals surface area contributed by atoms with Gasteiger partial charge < -0.3 is 16.4 Å². The predicted octanol–water partition coefficient (Wildman–Crippen LogP) is 4.38. The van der Waals surface area contributed by atoms with E-state index in [1.54, 1.807) is 21.9 Å². The highest BCUT2D eigenvalue weighted by molar-refractivity contribution is 6.05. The fourth-order valence-corrected chi connectivity index (χ4v) is 5.36. The Morgan fingerprint density at radius 1 is 0.939 bits per heavy atom. The van der Waals surface area contributed by atoms with E-state index in [-0.39, 0.29) is 17.6 Å². The molecular weight excluding hydrogens is 429 g/mol. The van der Waals surface area contributed by atoms with Crippen LogP contribution >= 0.6 is 0 Å². The quantitative estimate of drug-likeness (QED) is 0.703. The smallest absolute Gasteiger partial charge is 0.369 e. The third-order valence-corrected chi connectivity index (χ3v) is 6.87. The molecule has 0 unspecified atom stereocenters. The van der Waals surface area contributed by atoms with Crippen LogP contribution in [0.25, 0.3) is 0 Å². The predicted molar refractivity (Wildman–Crippen MR) is 124 cm³/mol. The maximum atomic E-state index is 14.3. The lowest BCUT2D eigenvalue weighted by Gasteiger charge is -2.46. The molecule has 5 rings (SSSR count). The maximum Gasteiger partial charge on any atom is 0.418 e. The SMILES string of the molecule is NC1=NC2(CCCCC2)N(c2ccc(N3CCc4ccccc4C3)c(C(F)(F)F)c2)C(N)=N1. The second kappa shape index (κ2) is 7.97. The molecule has 0 bridgehead atoms. The minimum atomic E-state index is -4.52. The summed E-state index contributed by atoms with van der Waals surface area (Å²) in [4.78, 5) is 12.1. The first-order valence-corrected chi connectivity index (χ1v) is 11.3. The lowest BCUT2D eigenvalue weighted by atomic mass is 9.87. The van der Waals surface area contributed by atoms with Crippen LogP contribution < -0.4 is 21.3 Å². The van der Waals surface area contributed by atoms with E-state index in [0.29, 0.717) is 38.0 Å². The number of nitrogens with two attached hydrogens (primary N) is 2. The number of benzene rings is 2. The van der Waals surface area contributed by atoms with Crippen molar-refractivity contribution in [3.8, 4) is 0 Å². The lowest BCUT2D eigenvalue weighted by molar-refractivity contribution is -0.137. The summed E-state index contributed by atoms with van der Waals surface area (Å²) in [6, 6.07) is 12.3. The molecule has 0 radical (unpaired) electrons. The molecule has 1 fully saturated rings. The van der Waals surface area contributed by atoms with Crippen LogP contribution in [0.4, 0.5) is 24.5 Å². The van der Waals surface area contributed by atoms with Crippen molar-refractivity contribution >= 4 is 23.3 Å². The molecule has 2 aliphatic heterocycles. The zero-order valence-corrected chi connectivity index (χ0v) is 18.3. The third-order valence-electron chi connectivity index (χ3n) is 6.87. The van der Waals surface area contributed by atoms with E-state index < -0.39 is 17.4 Å².